The van der Waals surface area contributed by atoms with E-state index in [-0.39, 0.29) is 18.6 Å². The van der Waals surface area contributed by atoms with Crippen molar-refractivity contribution in [3.05, 3.63) is 29.8 Å². The number of carbonyl (C=O) groups excluding carboxylic acids is 1. The molecule has 2 unspecified atom stereocenters. The van der Waals surface area contributed by atoms with Crippen LogP contribution in [0.15, 0.2) is 29.2 Å². The van der Waals surface area contributed by atoms with E-state index in [0.29, 0.717) is 0 Å². The standard InChI is InChI=1S/C14H18N2O3S/c1-9(13(17)18)7-16(2)14(19)15-11-8-20-12-6-4-3-5-10(11)12/h3-6,9,11H,7-8H2,1-2H3,(H,15,19)(H,17,18). The van der Waals surface area contributed by atoms with Gasteiger partial charge < -0.3 is 15.3 Å². The highest BCUT2D eigenvalue weighted by Crippen LogP contribution is 2.37. The number of carboxylic acids is 1. The molecule has 1 aromatic carbocycles. The maximum atomic E-state index is 12.1. The highest BCUT2D eigenvalue weighted by Gasteiger charge is 2.26. The molecule has 0 aromatic heterocycles. The SMILES string of the molecule is CC(CN(C)C(=O)NC1CSc2ccccc21)C(=O)O. The molecule has 0 radical (unpaired) electrons. The van der Waals surface area contributed by atoms with Crippen LogP contribution >= 0.6 is 11.8 Å². The van der Waals surface area contributed by atoms with E-state index in [4.69, 9.17) is 5.11 Å². The molecule has 2 atom stereocenters. The van der Waals surface area contributed by atoms with Crippen LogP contribution in [0.25, 0.3) is 0 Å². The molecule has 1 aliphatic rings. The van der Waals surface area contributed by atoms with Gasteiger partial charge in [0.25, 0.3) is 0 Å². The summed E-state index contributed by atoms with van der Waals surface area (Å²) in [7, 11) is 1.61. The highest BCUT2D eigenvalue weighted by molar-refractivity contribution is 7.99. The number of carbonyl (C=O) groups is 2. The van der Waals surface area contributed by atoms with Crippen molar-refractivity contribution in [1.29, 1.82) is 0 Å². The molecule has 1 heterocycles. The van der Waals surface area contributed by atoms with E-state index in [9.17, 15) is 9.59 Å². The summed E-state index contributed by atoms with van der Waals surface area (Å²) in [5.74, 6) is -0.657. The van der Waals surface area contributed by atoms with Crippen molar-refractivity contribution in [1.82, 2.24) is 10.2 Å². The van der Waals surface area contributed by atoms with E-state index in [1.54, 1.807) is 25.7 Å². The minimum Gasteiger partial charge on any atom is -0.481 e. The number of amides is 2. The number of aliphatic carboxylic acids is 1. The zero-order chi connectivity index (χ0) is 14.7. The Bertz CT molecular complexity index is 521. The topological polar surface area (TPSA) is 69.6 Å². The number of carboxylic acid groups (broad SMARTS) is 1. The number of thioether (sulfide) groups is 1. The lowest BCUT2D eigenvalue weighted by Gasteiger charge is -2.22. The van der Waals surface area contributed by atoms with Gasteiger partial charge in [-0.1, -0.05) is 25.1 Å². The first-order valence-corrected chi connectivity index (χ1v) is 7.43. The van der Waals surface area contributed by atoms with Gasteiger partial charge in [0.2, 0.25) is 0 Å². The van der Waals surface area contributed by atoms with E-state index >= 15 is 0 Å². The van der Waals surface area contributed by atoms with Crippen molar-refractivity contribution < 1.29 is 14.7 Å². The number of hydrogen-bond donors (Lipinski definition) is 2. The monoisotopic (exact) mass is 294 g/mol. The zero-order valence-electron chi connectivity index (χ0n) is 11.5. The maximum Gasteiger partial charge on any atom is 0.317 e. The molecule has 20 heavy (non-hydrogen) atoms. The molecule has 2 rings (SSSR count). The Labute approximate surface area is 122 Å². The van der Waals surface area contributed by atoms with Crippen molar-refractivity contribution in [2.24, 2.45) is 5.92 Å². The third-order valence-electron chi connectivity index (χ3n) is 3.31. The first kappa shape index (κ1) is 14.7. The smallest absolute Gasteiger partial charge is 0.317 e. The summed E-state index contributed by atoms with van der Waals surface area (Å²) in [6.07, 6.45) is 0. The maximum absolute atomic E-state index is 12.1. The molecule has 1 aromatic rings. The highest BCUT2D eigenvalue weighted by atomic mass is 32.2. The molecule has 108 valence electrons. The van der Waals surface area contributed by atoms with Gasteiger partial charge in [0.05, 0.1) is 12.0 Å². The summed E-state index contributed by atoms with van der Waals surface area (Å²) < 4.78 is 0. The molecule has 0 aliphatic carbocycles. The van der Waals surface area contributed by atoms with Crippen LogP contribution in [-0.2, 0) is 4.79 Å². The van der Waals surface area contributed by atoms with E-state index < -0.39 is 11.9 Å². The minimum absolute atomic E-state index is 0.00807. The lowest BCUT2D eigenvalue weighted by atomic mass is 10.1. The first-order chi connectivity index (χ1) is 9.49. The molecule has 0 spiro atoms. The molecular weight excluding hydrogens is 276 g/mol. The summed E-state index contributed by atoms with van der Waals surface area (Å²) in [5, 5.41) is 11.8. The van der Waals surface area contributed by atoms with Crippen molar-refractivity contribution in [2.45, 2.75) is 17.9 Å². The lowest BCUT2D eigenvalue weighted by molar-refractivity contribution is -0.141. The fourth-order valence-corrected chi connectivity index (χ4v) is 3.27. The van der Waals surface area contributed by atoms with Gasteiger partial charge in [-0.25, -0.2) is 4.79 Å². The zero-order valence-corrected chi connectivity index (χ0v) is 12.3. The average molecular weight is 294 g/mol. The Hall–Kier alpha value is -1.69. The molecule has 5 nitrogen and oxygen atoms in total. The fourth-order valence-electron chi connectivity index (χ4n) is 2.11. The number of rotatable bonds is 4. The lowest BCUT2D eigenvalue weighted by Crippen LogP contribution is -2.42. The average Bonchev–Trinajstić information content (AvgIpc) is 2.82. The van der Waals surface area contributed by atoms with Gasteiger partial charge in [-0.15, -0.1) is 11.8 Å². The third-order valence-corrected chi connectivity index (χ3v) is 4.50. The quantitative estimate of drug-likeness (QED) is 0.893. The Morgan fingerprint density at radius 1 is 1.50 bits per heavy atom. The molecular formula is C14H18N2O3S. The van der Waals surface area contributed by atoms with E-state index in [2.05, 4.69) is 5.32 Å². The van der Waals surface area contributed by atoms with Gasteiger partial charge >= 0.3 is 12.0 Å². The Kier molecular flexibility index (Phi) is 4.54. The Morgan fingerprint density at radius 3 is 2.90 bits per heavy atom. The second-order valence-electron chi connectivity index (χ2n) is 4.97. The van der Waals surface area contributed by atoms with Crippen LogP contribution in [0.5, 0.6) is 0 Å². The van der Waals surface area contributed by atoms with Crippen LogP contribution in [-0.4, -0.2) is 41.4 Å². The molecule has 1 aliphatic heterocycles. The second-order valence-corrected chi connectivity index (χ2v) is 6.03. The molecule has 0 saturated carbocycles. The normalized spacial score (nSPS) is 18.2. The Balaban J connectivity index is 1.94. The number of hydrogen-bond acceptors (Lipinski definition) is 3. The number of nitrogens with zero attached hydrogens (tertiary/aromatic N) is 1. The van der Waals surface area contributed by atoms with Crippen molar-refractivity contribution >= 4 is 23.8 Å². The van der Waals surface area contributed by atoms with Crippen LogP contribution < -0.4 is 5.32 Å². The summed E-state index contributed by atoms with van der Waals surface area (Å²) in [6, 6.07) is 7.76. The number of benzene rings is 1. The van der Waals surface area contributed by atoms with Gasteiger partial charge in [0.15, 0.2) is 0 Å². The molecule has 2 N–H and O–H groups in total. The van der Waals surface area contributed by atoms with Crippen LogP contribution in [0, 0.1) is 5.92 Å². The van der Waals surface area contributed by atoms with Crippen molar-refractivity contribution in [2.75, 3.05) is 19.3 Å². The van der Waals surface area contributed by atoms with Crippen LogP contribution in [0.4, 0.5) is 4.79 Å². The summed E-state index contributed by atoms with van der Waals surface area (Å²) in [6.45, 7) is 1.79. The third kappa shape index (κ3) is 3.25. The first-order valence-electron chi connectivity index (χ1n) is 6.45. The van der Waals surface area contributed by atoms with Crippen molar-refractivity contribution in [3.8, 4) is 0 Å². The second kappa shape index (κ2) is 6.17. The van der Waals surface area contributed by atoms with E-state index in [1.165, 1.54) is 9.80 Å². The summed E-state index contributed by atoms with van der Waals surface area (Å²) in [4.78, 5) is 25.5. The predicted octanol–water partition coefficient (Wildman–Crippen LogP) is 2.20. The van der Waals surface area contributed by atoms with E-state index in [1.807, 2.05) is 24.3 Å². The summed E-state index contributed by atoms with van der Waals surface area (Å²) in [5.41, 5.74) is 1.13. The molecule has 6 heteroatoms. The van der Waals surface area contributed by atoms with E-state index in [0.717, 1.165) is 11.3 Å². The largest absolute Gasteiger partial charge is 0.481 e. The molecule has 2 amide bonds. The number of nitrogens with one attached hydrogen (secondary N) is 1. The van der Waals surface area contributed by atoms with Gasteiger partial charge in [-0.05, 0) is 11.6 Å². The van der Waals surface area contributed by atoms with Gasteiger partial charge in [0, 0.05) is 24.2 Å². The molecule has 0 saturated heterocycles. The number of fused-ring (bicyclic) bond motifs is 1. The molecule has 0 fully saturated rings. The summed E-state index contributed by atoms with van der Waals surface area (Å²) >= 11 is 1.72. The molecule has 0 bridgehead atoms. The van der Waals surface area contributed by atoms with Gasteiger partial charge in [-0.3, -0.25) is 4.79 Å². The van der Waals surface area contributed by atoms with Gasteiger partial charge in [-0.2, -0.15) is 0 Å². The van der Waals surface area contributed by atoms with Crippen molar-refractivity contribution in [3.63, 3.8) is 0 Å². The van der Waals surface area contributed by atoms with Gasteiger partial charge in [0.1, 0.15) is 0 Å². The Morgan fingerprint density at radius 2 is 2.20 bits per heavy atom. The van der Waals surface area contributed by atoms with Crippen LogP contribution in [0.1, 0.15) is 18.5 Å². The van der Waals surface area contributed by atoms with Crippen LogP contribution in [0.2, 0.25) is 0 Å². The minimum atomic E-state index is -0.897. The van der Waals surface area contributed by atoms with Crippen LogP contribution in [0.3, 0.4) is 0 Å². The predicted molar refractivity (Wildman–Crippen MR) is 77.9 cm³/mol. The fraction of sp³-hybridized carbons (Fsp3) is 0.429. The number of urea groups is 1.